The van der Waals surface area contributed by atoms with E-state index in [2.05, 4.69) is 0 Å². The molecule has 1 fully saturated rings. The van der Waals surface area contributed by atoms with Gasteiger partial charge in [0.15, 0.2) is 5.58 Å². The molecule has 1 aromatic carbocycles. The maximum Gasteiger partial charge on any atom is 0.498 e. The molecule has 1 saturated heterocycles. The number of benzene rings is 1. The van der Waals surface area contributed by atoms with Gasteiger partial charge < -0.3 is 18.5 Å². The highest BCUT2D eigenvalue weighted by Crippen LogP contribution is 2.37. The zero-order valence-corrected chi connectivity index (χ0v) is 13.7. The van der Waals surface area contributed by atoms with Gasteiger partial charge in [0, 0.05) is 18.6 Å². The summed E-state index contributed by atoms with van der Waals surface area (Å²) in [6.45, 7) is 7.97. The molecule has 0 aliphatic carbocycles. The van der Waals surface area contributed by atoms with E-state index >= 15 is 0 Å². The van der Waals surface area contributed by atoms with Crippen molar-refractivity contribution < 1.29 is 18.5 Å². The third-order valence-electron chi connectivity index (χ3n) is 4.65. The SMILES string of the molecule is COc1cc2oc(=O)n(C)c2cc1B1OC(C)(C)C(C)(C)O1. The standard InChI is InChI=1S/C15H20BNO5/c1-14(2)15(3,4)22-16(21-14)9-7-10-12(8-11(9)19-6)20-13(18)17(10)5/h7-8H,1-6H3. The number of methoxy groups -OCH3 is 1. The second-order valence-corrected chi connectivity index (χ2v) is 6.58. The molecule has 3 rings (SSSR count). The van der Waals surface area contributed by atoms with Crippen molar-refractivity contribution in [2.24, 2.45) is 7.05 Å². The monoisotopic (exact) mass is 305 g/mol. The highest BCUT2D eigenvalue weighted by Gasteiger charge is 2.52. The minimum Gasteiger partial charge on any atom is -0.497 e. The molecule has 1 aliphatic rings. The normalized spacial score (nSPS) is 19.8. The van der Waals surface area contributed by atoms with Crippen LogP contribution >= 0.6 is 0 Å². The van der Waals surface area contributed by atoms with Crippen molar-refractivity contribution in [1.29, 1.82) is 0 Å². The number of hydrogen-bond donors (Lipinski definition) is 0. The van der Waals surface area contributed by atoms with E-state index in [4.69, 9.17) is 18.5 Å². The van der Waals surface area contributed by atoms with Gasteiger partial charge >= 0.3 is 12.9 Å². The molecule has 0 atom stereocenters. The number of aryl methyl sites for hydroxylation is 1. The van der Waals surface area contributed by atoms with Crippen molar-refractivity contribution in [3.8, 4) is 5.75 Å². The summed E-state index contributed by atoms with van der Waals surface area (Å²) in [4.78, 5) is 11.7. The summed E-state index contributed by atoms with van der Waals surface area (Å²) < 4.78 is 24.2. The molecule has 0 saturated carbocycles. The van der Waals surface area contributed by atoms with E-state index in [1.54, 1.807) is 20.2 Å². The molecule has 2 aromatic rings. The molecule has 0 N–H and O–H groups in total. The molecular formula is C15H20BNO5. The van der Waals surface area contributed by atoms with Crippen molar-refractivity contribution in [2.45, 2.75) is 38.9 Å². The minimum atomic E-state index is -0.561. The van der Waals surface area contributed by atoms with Crippen molar-refractivity contribution in [3.05, 3.63) is 22.7 Å². The van der Waals surface area contributed by atoms with E-state index in [1.165, 1.54) is 4.57 Å². The van der Waals surface area contributed by atoms with Crippen molar-refractivity contribution >= 4 is 23.7 Å². The average Bonchev–Trinajstić information content (AvgIpc) is 2.82. The van der Waals surface area contributed by atoms with Gasteiger partial charge in [-0.15, -0.1) is 0 Å². The third-order valence-corrected chi connectivity index (χ3v) is 4.65. The lowest BCUT2D eigenvalue weighted by atomic mass is 9.78. The van der Waals surface area contributed by atoms with Crippen LogP contribution in [-0.4, -0.2) is 30.0 Å². The van der Waals surface area contributed by atoms with Gasteiger partial charge in [0.1, 0.15) is 5.75 Å². The second-order valence-electron chi connectivity index (χ2n) is 6.58. The van der Waals surface area contributed by atoms with Crippen LogP contribution < -0.4 is 16.0 Å². The third kappa shape index (κ3) is 2.07. The molecule has 0 amide bonds. The summed E-state index contributed by atoms with van der Waals surface area (Å²) in [5, 5.41) is 0. The molecule has 0 bridgehead atoms. The van der Waals surface area contributed by atoms with Gasteiger partial charge in [-0.05, 0) is 33.8 Å². The van der Waals surface area contributed by atoms with Gasteiger partial charge in [0.25, 0.3) is 0 Å². The van der Waals surface area contributed by atoms with Crippen LogP contribution in [0.5, 0.6) is 5.75 Å². The molecule has 118 valence electrons. The first kappa shape index (κ1) is 15.2. The topological polar surface area (TPSA) is 62.8 Å². The Labute approximate surface area is 129 Å². The van der Waals surface area contributed by atoms with Crippen LogP contribution in [0.2, 0.25) is 0 Å². The lowest BCUT2D eigenvalue weighted by Crippen LogP contribution is -2.41. The van der Waals surface area contributed by atoms with E-state index in [-0.39, 0.29) is 0 Å². The Morgan fingerprint density at radius 2 is 1.73 bits per heavy atom. The van der Waals surface area contributed by atoms with Crippen LogP contribution in [0.4, 0.5) is 0 Å². The largest absolute Gasteiger partial charge is 0.498 e. The molecule has 0 radical (unpaired) electrons. The summed E-state index contributed by atoms with van der Waals surface area (Å²) in [6, 6.07) is 3.51. The fraction of sp³-hybridized carbons (Fsp3) is 0.533. The van der Waals surface area contributed by atoms with Crippen LogP contribution in [0.25, 0.3) is 11.1 Å². The second kappa shape index (κ2) is 4.63. The van der Waals surface area contributed by atoms with Crippen molar-refractivity contribution in [2.75, 3.05) is 7.11 Å². The Morgan fingerprint density at radius 1 is 1.14 bits per heavy atom. The number of fused-ring (bicyclic) bond motifs is 1. The van der Waals surface area contributed by atoms with E-state index in [9.17, 15) is 4.79 Å². The molecular weight excluding hydrogens is 285 g/mol. The van der Waals surface area contributed by atoms with E-state index in [0.717, 1.165) is 5.46 Å². The van der Waals surface area contributed by atoms with Gasteiger partial charge in [-0.1, -0.05) is 0 Å². The van der Waals surface area contributed by atoms with Crippen LogP contribution in [0.3, 0.4) is 0 Å². The molecule has 6 nitrogen and oxygen atoms in total. The quantitative estimate of drug-likeness (QED) is 0.786. The molecule has 7 heteroatoms. The van der Waals surface area contributed by atoms with Gasteiger partial charge in [-0.25, -0.2) is 4.79 Å². The van der Waals surface area contributed by atoms with Crippen LogP contribution in [0.15, 0.2) is 21.3 Å². The first-order valence-corrected chi connectivity index (χ1v) is 7.19. The van der Waals surface area contributed by atoms with Crippen molar-refractivity contribution in [3.63, 3.8) is 0 Å². The highest BCUT2D eigenvalue weighted by atomic mass is 16.7. The lowest BCUT2D eigenvalue weighted by molar-refractivity contribution is 0.00578. The first-order valence-electron chi connectivity index (χ1n) is 7.19. The van der Waals surface area contributed by atoms with Crippen molar-refractivity contribution in [1.82, 2.24) is 4.57 Å². The molecule has 2 heterocycles. The minimum absolute atomic E-state index is 0.414. The molecule has 0 spiro atoms. The predicted molar refractivity (Wildman–Crippen MR) is 83.7 cm³/mol. The number of nitrogens with zero attached hydrogens (tertiary/aromatic N) is 1. The van der Waals surface area contributed by atoms with Gasteiger partial charge in [-0.3, -0.25) is 4.57 Å². The Morgan fingerprint density at radius 3 is 2.27 bits per heavy atom. The summed E-state index contributed by atoms with van der Waals surface area (Å²) >= 11 is 0. The molecule has 0 unspecified atom stereocenters. The number of aromatic nitrogens is 1. The number of oxazole rings is 1. The van der Waals surface area contributed by atoms with Gasteiger partial charge in [0.05, 0.1) is 23.8 Å². The summed E-state index contributed by atoms with van der Waals surface area (Å²) in [5.74, 6) is 0.156. The number of hydrogen-bond acceptors (Lipinski definition) is 5. The molecule has 22 heavy (non-hydrogen) atoms. The smallest absolute Gasteiger partial charge is 0.497 e. The fourth-order valence-electron chi connectivity index (χ4n) is 2.50. The van der Waals surface area contributed by atoms with Crippen LogP contribution in [0.1, 0.15) is 27.7 Å². The lowest BCUT2D eigenvalue weighted by Gasteiger charge is -2.32. The average molecular weight is 305 g/mol. The van der Waals surface area contributed by atoms with E-state index < -0.39 is 24.1 Å². The van der Waals surface area contributed by atoms with Crippen LogP contribution in [0, 0.1) is 0 Å². The Hall–Kier alpha value is -1.73. The Kier molecular flexibility index (Phi) is 3.20. The van der Waals surface area contributed by atoms with Gasteiger partial charge in [-0.2, -0.15) is 0 Å². The van der Waals surface area contributed by atoms with Gasteiger partial charge in [0.2, 0.25) is 0 Å². The predicted octanol–water partition coefficient (Wildman–Crippen LogP) is 1.44. The summed E-state index contributed by atoms with van der Waals surface area (Å²) in [5.41, 5.74) is 1.00. The Bertz CT molecular complexity index is 773. The highest BCUT2D eigenvalue weighted by molar-refractivity contribution is 6.63. The zero-order valence-electron chi connectivity index (χ0n) is 13.7. The van der Waals surface area contributed by atoms with E-state index in [1.807, 2.05) is 33.8 Å². The Balaban J connectivity index is 2.14. The first-order chi connectivity index (χ1) is 10.2. The van der Waals surface area contributed by atoms with Crippen LogP contribution in [-0.2, 0) is 16.4 Å². The fourth-order valence-corrected chi connectivity index (χ4v) is 2.50. The number of rotatable bonds is 2. The maximum atomic E-state index is 11.7. The maximum absolute atomic E-state index is 11.7. The summed E-state index contributed by atoms with van der Waals surface area (Å²) in [6.07, 6.45) is 0. The van der Waals surface area contributed by atoms with E-state index in [0.29, 0.717) is 16.8 Å². The summed E-state index contributed by atoms with van der Waals surface area (Å²) in [7, 11) is 2.67. The molecule has 1 aliphatic heterocycles. The zero-order chi connectivity index (χ0) is 16.3. The number of ether oxygens (including phenoxy) is 1. The molecule has 1 aromatic heterocycles.